The fourth-order valence-electron chi connectivity index (χ4n) is 1.85. The van der Waals surface area contributed by atoms with Crippen LogP contribution in [0.4, 0.5) is 4.39 Å². The molecule has 0 radical (unpaired) electrons. The van der Waals surface area contributed by atoms with Crippen molar-refractivity contribution >= 4 is 5.91 Å². The minimum Gasteiger partial charge on any atom is -0.351 e. The molecule has 1 atom stereocenters. The van der Waals surface area contributed by atoms with Gasteiger partial charge in [0.1, 0.15) is 5.82 Å². The highest BCUT2D eigenvalue weighted by Gasteiger charge is 2.09. The van der Waals surface area contributed by atoms with Gasteiger partial charge in [-0.15, -0.1) is 0 Å². The number of hydrogen-bond donors (Lipinski definition) is 1. The van der Waals surface area contributed by atoms with E-state index in [9.17, 15) is 9.18 Å². The molecule has 0 fully saturated rings. The summed E-state index contributed by atoms with van der Waals surface area (Å²) < 4.78 is 12.8. The van der Waals surface area contributed by atoms with Crippen LogP contribution in [0.3, 0.4) is 0 Å². The smallest absolute Gasteiger partial charge is 0.251 e. The molecule has 0 unspecified atom stereocenters. The average molecular weight is 257 g/mol. The molecule has 2 aromatic rings. The van der Waals surface area contributed by atoms with Crippen LogP contribution in [-0.4, -0.2) is 12.5 Å². The molecule has 0 aliphatic rings. The van der Waals surface area contributed by atoms with Gasteiger partial charge in [-0.2, -0.15) is 0 Å². The third kappa shape index (κ3) is 3.65. The van der Waals surface area contributed by atoms with Crippen molar-refractivity contribution in [2.45, 2.75) is 12.8 Å². The van der Waals surface area contributed by atoms with E-state index in [-0.39, 0.29) is 17.6 Å². The Morgan fingerprint density at radius 3 is 2.37 bits per heavy atom. The fraction of sp³-hybridized carbons (Fsp3) is 0.188. The van der Waals surface area contributed by atoms with Gasteiger partial charge in [0.2, 0.25) is 0 Å². The van der Waals surface area contributed by atoms with Crippen molar-refractivity contribution in [1.82, 2.24) is 5.32 Å². The van der Waals surface area contributed by atoms with Crippen LogP contribution in [0.25, 0.3) is 0 Å². The van der Waals surface area contributed by atoms with E-state index in [1.807, 2.05) is 30.3 Å². The lowest BCUT2D eigenvalue weighted by molar-refractivity contribution is 0.0951. The highest BCUT2D eigenvalue weighted by molar-refractivity contribution is 5.94. The topological polar surface area (TPSA) is 29.1 Å². The van der Waals surface area contributed by atoms with Gasteiger partial charge < -0.3 is 5.32 Å². The zero-order valence-electron chi connectivity index (χ0n) is 10.8. The summed E-state index contributed by atoms with van der Waals surface area (Å²) in [6.45, 7) is 2.61. The maximum atomic E-state index is 12.8. The largest absolute Gasteiger partial charge is 0.351 e. The zero-order chi connectivity index (χ0) is 13.7. The summed E-state index contributed by atoms with van der Waals surface area (Å²) >= 11 is 0. The van der Waals surface area contributed by atoms with Gasteiger partial charge in [-0.05, 0) is 35.7 Å². The van der Waals surface area contributed by atoms with E-state index in [1.165, 1.54) is 29.8 Å². The fourth-order valence-corrected chi connectivity index (χ4v) is 1.85. The number of benzene rings is 2. The Morgan fingerprint density at radius 1 is 1.11 bits per heavy atom. The molecule has 1 N–H and O–H groups in total. The Morgan fingerprint density at radius 2 is 1.74 bits per heavy atom. The van der Waals surface area contributed by atoms with Crippen LogP contribution < -0.4 is 5.32 Å². The minimum atomic E-state index is -0.339. The molecule has 0 aliphatic carbocycles. The molecule has 3 heteroatoms. The molecule has 0 heterocycles. The average Bonchev–Trinajstić information content (AvgIpc) is 2.46. The summed E-state index contributed by atoms with van der Waals surface area (Å²) in [6.07, 6.45) is 0. The highest BCUT2D eigenvalue weighted by atomic mass is 19.1. The van der Waals surface area contributed by atoms with Gasteiger partial charge in [0.25, 0.3) is 5.91 Å². The lowest BCUT2D eigenvalue weighted by Crippen LogP contribution is -2.27. The van der Waals surface area contributed by atoms with E-state index in [4.69, 9.17) is 0 Å². The molecule has 1 amide bonds. The first kappa shape index (κ1) is 13.3. The maximum Gasteiger partial charge on any atom is 0.251 e. The number of carbonyl (C=O) groups excluding carboxylic acids is 1. The summed E-state index contributed by atoms with van der Waals surface area (Å²) in [7, 11) is 0. The van der Waals surface area contributed by atoms with Crippen molar-refractivity contribution in [3.05, 3.63) is 71.5 Å². The van der Waals surface area contributed by atoms with Crippen molar-refractivity contribution in [3.63, 3.8) is 0 Å². The molecular weight excluding hydrogens is 241 g/mol. The van der Waals surface area contributed by atoms with Crippen molar-refractivity contribution in [3.8, 4) is 0 Å². The van der Waals surface area contributed by atoms with Crippen LogP contribution >= 0.6 is 0 Å². The van der Waals surface area contributed by atoms with Crippen LogP contribution in [-0.2, 0) is 0 Å². The maximum absolute atomic E-state index is 12.8. The Balaban J connectivity index is 1.92. The van der Waals surface area contributed by atoms with Gasteiger partial charge in [-0.25, -0.2) is 4.39 Å². The predicted octanol–water partition coefficient (Wildman–Crippen LogP) is 3.36. The first-order valence-electron chi connectivity index (χ1n) is 6.25. The molecule has 2 nitrogen and oxygen atoms in total. The molecule has 19 heavy (non-hydrogen) atoms. The lowest BCUT2D eigenvalue weighted by Gasteiger charge is -2.13. The summed E-state index contributed by atoms with van der Waals surface area (Å²) in [4.78, 5) is 11.9. The van der Waals surface area contributed by atoms with E-state index in [0.29, 0.717) is 12.1 Å². The Bertz CT molecular complexity index is 536. The van der Waals surface area contributed by atoms with Crippen molar-refractivity contribution in [2.75, 3.05) is 6.54 Å². The van der Waals surface area contributed by atoms with Gasteiger partial charge >= 0.3 is 0 Å². The molecule has 0 aliphatic heterocycles. The second kappa shape index (κ2) is 6.14. The number of carbonyl (C=O) groups is 1. The number of rotatable bonds is 4. The van der Waals surface area contributed by atoms with Crippen molar-refractivity contribution in [2.24, 2.45) is 0 Å². The minimum absolute atomic E-state index is 0.178. The third-order valence-corrected chi connectivity index (χ3v) is 3.04. The summed E-state index contributed by atoms with van der Waals surface area (Å²) in [5.41, 5.74) is 1.66. The second-order valence-corrected chi connectivity index (χ2v) is 4.53. The normalized spacial score (nSPS) is 11.9. The first-order valence-corrected chi connectivity index (χ1v) is 6.25. The number of halogens is 1. The molecular formula is C16H16FNO. The Hall–Kier alpha value is -2.16. The Kier molecular flexibility index (Phi) is 4.29. The molecule has 0 bridgehead atoms. The van der Waals surface area contributed by atoms with Gasteiger partial charge in [0, 0.05) is 12.1 Å². The first-order chi connectivity index (χ1) is 9.16. The van der Waals surface area contributed by atoms with Crippen LogP contribution in [0.1, 0.15) is 28.8 Å². The number of hydrogen-bond acceptors (Lipinski definition) is 1. The molecule has 0 aromatic heterocycles. The zero-order valence-corrected chi connectivity index (χ0v) is 10.8. The quantitative estimate of drug-likeness (QED) is 0.894. The van der Waals surface area contributed by atoms with E-state index >= 15 is 0 Å². The lowest BCUT2D eigenvalue weighted by atomic mass is 10.0. The van der Waals surface area contributed by atoms with Gasteiger partial charge in [-0.3, -0.25) is 4.79 Å². The van der Waals surface area contributed by atoms with Crippen LogP contribution in [0.2, 0.25) is 0 Å². The number of amides is 1. The van der Waals surface area contributed by atoms with Crippen LogP contribution in [0, 0.1) is 5.82 Å². The predicted molar refractivity (Wildman–Crippen MR) is 73.6 cm³/mol. The van der Waals surface area contributed by atoms with Gasteiger partial charge in [0.05, 0.1) is 0 Å². The molecule has 2 rings (SSSR count). The van der Waals surface area contributed by atoms with E-state index < -0.39 is 0 Å². The SMILES string of the molecule is C[C@H](CNC(=O)c1ccc(F)cc1)c1ccccc1. The van der Waals surface area contributed by atoms with Crippen molar-refractivity contribution in [1.29, 1.82) is 0 Å². The van der Waals surface area contributed by atoms with Crippen LogP contribution in [0.5, 0.6) is 0 Å². The standard InChI is InChI=1S/C16H16FNO/c1-12(13-5-3-2-4-6-13)11-18-16(19)14-7-9-15(17)10-8-14/h2-10,12H,11H2,1H3,(H,18,19)/t12-/m1/s1. The number of nitrogens with one attached hydrogen (secondary N) is 1. The van der Waals surface area contributed by atoms with E-state index in [2.05, 4.69) is 12.2 Å². The molecule has 2 aromatic carbocycles. The summed E-state index contributed by atoms with van der Waals surface area (Å²) in [5.74, 6) is -0.275. The van der Waals surface area contributed by atoms with Gasteiger partial charge in [0.15, 0.2) is 0 Å². The van der Waals surface area contributed by atoms with Gasteiger partial charge in [-0.1, -0.05) is 37.3 Å². The summed E-state index contributed by atoms with van der Waals surface area (Å²) in [5, 5.41) is 2.86. The Labute approximate surface area is 112 Å². The molecule has 0 saturated carbocycles. The third-order valence-electron chi connectivity index (χ3n) is 3.04. The molecule has 0 saturated heterocycles. The second-order valence-electron chi connectivity index (χ2n) is 4.53. The molecule has 98 valence electrons. The van der Waals surface area contributed by atoms with E-state index in [1.54, 1.807) is 0 Å². The van der Waals surface area contributed by atoms with Crippen molar-refractivity contribution < 1.29 is 9.18 Å². The summed E-state index contributed by atoms with van der Waals surface area (Å²) in [6, 6.07) is 15.5. The molecule has 0 spiro atoms. The highest BCUT2D eigenvalue weighted by Crippen LogP contribution is 2.13. The van der Waals surface area contributed by atoms with Crippen LogP contribution in [0.15, 0.2) is 54.6 Å². The van der Waals surface area contributed by atoms with E-state index in [0.717, 1.165) is 0 Å². The monoisotopic (exact) mass is 257 g/mol.